The topological polar surface area (TPSA) is 85.4 Å². The lowest BCUT2D eigenvalue weighted by Crippen LogP contribution is -2.27. The van der Waals surface area contributed by atoms with Gasteiger partial charge in [-0.2, -0.15) is 0 Å². The third-order valence-corrected chi connectivity index (χ3v) is 4.52. The van der Waals surface area contributed by atoms with Crippen LogP contribution in [0.4, 0.5) is 11.5 Å². The molecule has 1 aliphatic heterocycles. The van der Waals surface area contributed by atoms with E-state index >= 15 is 0 Å². The Kier molecular flexibility index (Phi) is 5.90. The maximum Gasteiger partial charge on any atom is 0.338 e. The van der Waals surface area contributed by atoms with Gasteiger partial charge in [-0.15, -0.1) is 0 Å². The molecule has 1 saturated heterocycles. The van der Waals surface area contributed by atoms with Crippen molar-refractivity contribution in [2.75, 3.05) is 24.3 Å². The Hall–Kier alpha value is -2.38. The Balaban J connectivity index is 1.56. The third kappa shape index (κ3) is 4.23. The lowest BCUT2D eigenvalue weighted by molar-refractivity contribution is -0.00275. The minimum Gasteiger partial charge on any atom is -0.459 e. The number of rotatable bonds is 6. The standard InChI is InChI=1S/C18H21ClN4O3/c1-11-8-13(9-25-18(24)12-6-4-3-5-7-12)26-17(11)23-16-14(20-2)15(19)21-10-22-16/h3-7,10-11,13,17,20H,8-9H2,1-2H3,(H,21,22,23). The molecule has 0 bridgehead atoms. The highest BCUT2D eigenvalue weighted by Crippen LogP contribution is 2.31. The molecule has 3 rings (SSSR count). The molecule has 3 atom stereocenters. The minimum atomic E-state index is -0.349. The number of ether oxygens (including phenoxy) is 2. The van der Waals surface area contributed by atoms with Gasteiger partial charge in [-0.1, -0.05) is 36.7 Å². The number of aromatic nitrogens is 2. The van der Waals surface area contributed by atoms with Crippen LogP contribution < -0.4 is 10.6 Å². The maximum absolute atomic E-state index is 12.0. The van der Waals surface area contributed by atoms with E-state index in [-0.39, 0.29) is 30.8 Å². The first-order valence-corrected chi connectivity index (χ1v) is 8.78. The van der Waals surface area contributed by atoms with Crippen molar-refractivity contribution in [3.8, 4) is 0 Å². The van der Waals surface area contributed by atoms with Crippen molar-refractivity contribution in [2.24, 2.45) is 5.92 Å². The fourth-order valence-corrected chi connectivity index (χ4v) is 3.10. The van der Waals surface area contributed by atoms with Gasteiger partial charge in [0, 0.05) is 13.0 Å². The zero-order valence-electron chi connectivity index (χ0n) is 14.6. The average molecular weight is 377 g/mol. The van der Waals surface area contributed by atoms with Gasteiger partial charge in [0.15, 0.2) is 11.0 Å². The highest BCUT2D eigenvalue weighted by molar-refractivity contribution is 6.32. The van der Waals surface area contributed by atoms with Crippen LogP contribution in [0.15, 0.2) is 36.7 Å². The van der Waals surface area contributed by atoms with Crippen molar-refractivity contribution in [1.29, 1.82) is 0 Å². The van der Waals surface area contributed by atoms with E-state index in [2.05, 4.69) is 27.5 Å². The number of anilines is 2. The van der Waals surface area contributed by atoms with Crippen molar-refractivity contribution in [2.45, 2.75) is 25.7 Å². The van der Waals surface area contributed by atoms with Gasteiger partial charge >= 0.3 is 5.97 Å². The molecule has 0 radical (unpaired) electrons. The summed E-state index contributed by atoms with van der Waals surface area (Å²) in [6.45, 7) is 2.28. The SMILES string of the molecule is CNc1c(Cl)ncnc1NC1OC(COC(=O)c2ccccc2)CC1C. The molecule has 138 valence electrons. The molecule has 2 aromatic rings. The second-order valence-electron chi connectivity index (χ2n) is 6.14. The second-order valence-corrected chi connectivity index (χ2v) is 6.50. The first kappa shape index (κ1) is 18.4. The number of benzene rings is 1. The molecule has 2 heterocycles. The molecule has 0 saturated carbocycles. The van der Waals surface area contributed by atoms with Gasteiger partial charge in [0.2, 0.25) is 0 Å². The molecule has 2 N–H and O–H groups in total. The fourth-order valence-electron chi connectivity index (χ4n) is 2.87. The van der Waals surface area contributed by atoms with E-state index in [1.54, 1.807) is 31.3 Å². The lowest BCUT2D eigenvalue weighted by atomic mass is 10.1. The Morgan fingerprint density at radius 2 is 2.12 bits per heavy atom. The summed E-state index contributed by atoms with van der Waals surface area (Å²) in [7, 11) is 1.75. The first-order valence-electron chi connectivity index (χ1n) is 8.41. The summed E-state index contributed by atoms with van der Waals surface area (Å²) in [4.78, 5) is 20.2. The van der Waals surface area contributed by atoms with Crippen LogP contribution in [0.2, 0.25) is 5.15 Å². The summed E-state index contributed by atoms with van der Waals surface area (Å²) in [6.07, 6.45) is 1.73. The number of halogens is 1. The summed E-state index contributed by atoms with van der Waals surface area (Å²) in [5, 5.41) is 6.55. The number of carbonyl (C=O) groups is 1. The number of nitrogens with zero attached hydrogens (tertiary/aromatic N) is 2. The van der Waals surface area contributed by atoms with Crippen LogP contribution in [0, 0.1) is 5.92 Å². The molecule has 1 aromatic heterocycles. The smallest absolute Gasteiger partial charge is 0.338 e. The minimum absolute atomic E-state index is 0.175. The Morgan fingerprint density at radius 1 is 1.35 bits per heavy atom. The van der Waals surface area contributed by atoms with E-state index in [0.29, 0.717) is 22.2 Å². The van der Waals surface area contributed by atoms with Crippen molar-refractivity contribution in [1.82, 2.24) is 9.97 Å². The average Bonchev–Trinajstić information content (AvgIpc) is 3.00. The third-order valence-electron chi connectivity index (χ3n) is 4.23. The Labute approximate surface area is 157 Å². The highest BCUT2D eigenvalue weighted by atomic mass is 35.5. The molecule has 0 spiro atoms. The van der Waals surface area contributed by atoms with Crippen LogP contribution in [-0.2, 0) is 9.47 Å². The molecular formula is C18H21ClN4O3. The summed E-state index contributed by atoms with van der Waals surface area (Å²) in [5.74, 6) is 0.443. The van der Waals surface area contributed by atoms with Crippen LogP contribution >= 0.6 is 11.6 Å². The van der Waals surface area contributed by atoms with Gasteiger partial charge in [-0.05, 0) is 18.6 Å². The molecule has 0 aliphatic carbocycles. The Bertz CT molecular complexity index is 759. The lowest BCUT2D eigenvalue weighted by Gasteiger charge is -2.20. The van der Waals surface area contributed by atoms with Gasteiger partial charge < -0.3 is 20.1 Å². The van der Waals surface area contributed by atoms with Crippen LogP contribution in [0.1, 0.15) is 23.7 Å². The van der Waals surface area contributed by atoms with E-state index in [1.807, 2.05) is 6.07 Å². The van der Waals surface area contributed by atoms with Gasteiger partial charge in [-0.3, -0.25) is 0 Å². The molecule has 0 amide bonds. The highest BCUT2D eigenvalue weighted by Gasteiger charge is 2.33. The molecule has 8 heteroatoms. The number of carbonyl (C=O) groups excluding carboxylic acids is 1. The van der Waals surface area contributed by atoms with E-state index in [9.17, 15) is 4.79 Å². The summed E-state index contributed by atoms with van der Waals surface area (Å²) < 4.78 is 11.4. The largest absolute Gasteiger partial charge is 0.459 e. The molecule has 1 aromatic carbocycles. The van der Waals surface area contributed by atoms with Crippen molar-refractivity contribution < 1.29 is 14.3 Å². The van der Waals surface area contributed by atoms with Crippen LogP contribution in [0.5, 0.6) is 0 Å². The predicted octanol–water partition coefficient (Wildman–Crippen LogP) is 3.19. The molecular weight excluding hydrogens is 356 g/mol. The number of hydrogen-bond acceptors (Lipinski definition) is 7. The first-order chi connectivity index (χ1) is 12.6. The maximum atomic E-state index is 12.0. The zero-order valence-corrected chi connectivity index (χ0v) is 15.4. The van der Waals surface area contributed by atoms with E-state index in [4.69, 9.17) is 21.1 Å². The molecule has 3 unspecified atom stereocenters. The molecule has 7 nitrogen and oxygen atoms in total. The summed E-state index contributed by atoms with van der Waals surface area (Å²) >= 11 is 6.07. The monoisotopic (exact) mass is 376 g/mol. The van der Waals surface area contributed by atoms with Crippen molar-refractivity contribution >= 4 is 29.1 Å². The molecule has 26 heavy (non-hydrogen) atoms. The number of nitrogens with one attached hydrogen (secondary N) is 2. The number of esters is 1. The van der Waals surface area contributed by atoms with Gasteiger partial charge in [-0.25, -0.2) is 14.8 Å². The quantitative estimate of drug-likeness (QED) is 0.591. The van der Waals surface area contributed by atoms with Crippen LogP contribution in [0.3, 0.4) is 0 Å². The summed E-state index contributed by atoms with van der Waals surface area (Å²) in [5.41, 5.74) is 1.14. The number of hydrogen-bond donors (Lipinski definition) is 2. The van der Waals surface area contributed by atoms with Crippen LogP contribution in [-0.4, -0.2) is 41.9 Å². The normalized spacial score (nSPS) is 22.0. The molecule has 1 aliphatic rings. The van der Waals surface area contributed by atoms with Crippen LogP contribution in [0.25, 0.3) is 0 Å². The Morgan fingerprint density at radius 3 is 2.85 bits per heavy atom. The van der Waals surface area contributed by atoms with E-state index in [1.165, 1.54) is 6.33 Å². The zero-order chi connectivity index (χ0) is 18.5. The van der Waals surface area contributed by atoms with Gasteiger partial charge in [0.05, 0.1) is 11.7 Å². The van der Waals surface area contributed by atoms with Gasteiger partial charge in [0.1, 0.15) is 24.8 Å². The van der Waals surface area contributed by atoms with E-state index < -0.39 is 0 Å². The molecule has 1 fully saturated rings. The van der Waals surface area contributed by atoms with Crippen molar-refractivity contribution in [3.05, 3.63) is 47.4 Å². The summed E-state index contributed by atoms with van der Waals surface area (Å²) in [6, 6.07) is 8.91. The fraction of sp³-hybridized carbons (Fsp3) is 0.389. The van der Waals surface area contributed by atoms with E-state index in [0.717, 1.165) is 6.42 Å². The second kappa shape index (κ2) is 8.33. The van der Waals surface area contributed by atoms with Gasteiger partial charge in [0.25, 0.3) is 0 Å². The van der Waals surface area contributed by atoms with Crippen molar-refractivity contribution in [3.63, 3.8) is 0 Å². The predicted molar refractivity (Wildman–Crippen MR) is 99.4 cm³/mol.